The fourth-order valence-electron chi connectivity index (χ4n) is 3.62. The number of carbonyl (C=O) groups is 1. The van der Waals surface area contributed by atoms with Gasteiger partial charge in [-0.15, -0.1) is 0 Å². The number of para-hydroxylation sites is 1. The Labute approximate surface area is 149 Å². The van der Waals surface area contributed by atoms with E-state index in [2.05, 4.69) is 35.0 Å². The summed E-state index contributed by atoms with van der Waals surface area (Å²) < 4.78 is 7.04. The van der Waals surface area contributed by atoms with Crippen LogP contribution in [-0.4, -0.2) is 12.5 Å². The van der Waals surface area contributed by atoms with Gasteiger partial charge in [-0.2, -0.15) is 0 Å². The third-order valence-electron chi connectivity index (χ3n) is 4.87. The van der Waals surface area contributed by atoms with Crippen LogP contribution in [0, 0.1) is 6.92 Å². The Balaban J connectivity index is 1.78. The van der Waals surface area contributed by atoms with Crippen LogP contribution in [0.4, 0.5) is 5.69 Å². The summed E-state index contributed by atoms with van der Waals surface area (Å²) in [6, 6.07) is 14.1. The Morgan fingerprint density at radius 2 is 2.00 bits per heavy atom. The predicted octanol–water partition coefficient (Wildman–Crippen LogP) is 5.20. The van der Waals surface area contributed by atoms with E-state index in [4.69, 9.17) is 4.42 Å². The topological polar surface area (TPSA) is 33.5 Å². The first-order valence-corrected chi connectivity index (χ1v) is 8.97. The first-order chi connectivity index (χ1) is 11.6. The number of halogens is 1. The van der Waals surface area contributed by atoms with Crippen LogP contribution in [0.3, 0.4) is 0 Å². The molecule has 1 amide bonds. The van der Waals surface area contributed by atoms with Crippen LogP contribution < -0.4 is 4.90 Å². The average Bonchev–Trinajstić information content (AvgIpc) is 3.03. The van der Waals surface area contributed by atoms with Gasteiger partial charge in [0.15, 0.2) is 0 Å². The lowest BCUT2D eigenvalue weighted by molar-refractivity contribution is -0.119. The van der Waals surface area contributed by atoms with Crippen molar-refractivity contribution in [3.63, 3.8) is 0 Å². The van der Waals surface area contributed by atoms with Crippen LogP contribution in [0.1, 0.15) is 29.7 Å². The zero-order valence-electron chi connectivity index (χ0n) is 13.7. The van der Waals surface area contributed by atoms with Crippen LogP contribution in [0.15, 0.2) is 51.4 Å². The van der Waals surface area contributed by atoms with Crippen LogP contribution in [0.25, 0.3) is 11.0 Å². The first kappa shape index (κ1) is 15.5. The van der Waals surface area contributed by atoms with Gasteiger partial charge < -0.3 is 9.32 Å². The maximum Gasteiger partial charge on any atom is 0.235 e. The second-order valence-electron chi connectivity index (χ2n) is 6.19. The van der Waals surface area contributed by atoms with Crippen molar-refractivity contribution >= 4 is 38.5 Å². The second kappa shape index (κ2) is 5.78. The molecule has 1 aliphatic heterocycles. The van der Waals surface area contributed by atoms with Crippen molar-refractivity contribution in [3.05, 3.63) is 63.8 Å². The van der Waals surface area contributed by atoms with Gasteiger partial charge in [0, 0.05) is 28.5 Å². The second-order valence-corrected chi connectivity index (χ2v) is 7.10. The minimum absolute atomic E-state index is 0.158. The fraction of sp³-hybridized carbons (Fsp3) is 0.250. The standard InChI is InChI=1S/C20H18BrNO2/c1-3-22-17-9-8-13(21)10-15(17)16(20(22)23)11-19-12(2)14-6-4-5-7-18(14)24-19/h4-10,16H,3,11H2,1-2H3. The molecule has 3 aromatic rings. The van der Waals surface area contributed by atoms with Crippen molar-refractivity contribution in [3.8, 4) is 0 Å². The molecule has 0 saturated heterocycles. The smallest absolute Gasteiger partial charge is 0.235 e. The number of likely N-dealkylation sites (N-methyl/N-ethyl adjacent to an activating group) is 1. The summed E-state index contributed by atoms with van der Waals surface area (Å²) in [4.78, 5) is 14.8. The van der Waals surface area contributed by atoms with Gasteiger partial charge in [0.1, 0.15) is 11.3 Å². The summed E-state index contributed by atoms with van der Waals surface area (Å²) in [5.41, 5.74) is 4.11. The summed E-state index contributed by atoms with van der Waals surface area (Å²) in [6.07, 6.45) is 0.597. The van der Waals surface area contributed by atoms with Gasteiger partial charge in [-0.3, -0.25) is 4.79 Å². The molecule has 0 saturated carbocycles. The molecule has 0 fully saturated rings. The highest BCUT2D eigenvalue weighted by atomic mass is 79.9. The van der Waals surface area contributed by atoms with E-state index < -0.39 is 0 Å². The summed E-state index contributed by atoms with van der Waals surface area (Å²) in [5.74, 6) is 0.876. The summed E-state index contributed by atoms with van der Waals surface area (Å²) in [7, 11) is 0. The number of aryl methyl sites for hydroxylation is 1. The number of hydrogen-bond donors (Lipinski definition) is 0. The third-order valence-corrected chi connectivity index (χ3v) is 5.36. The number of rotatable bonds is 3. The van der Waals surface area contributed by atoms with Gasteiger partial charge in [0.25, 0.3) is 0 Å². The van der Waals surface area contributed by atoms with E-state index in [1.807, 2.05) is 42.2 Å². The van der Waals surface area contributed by atoms with Crippen molar-refractivity contribution in [2.45, 2.75) is 26.2 Å². The van der Waals surface area contributed by atoms with E-state index >= 15 is 0 Å². The molecule has 1 aromatic heterocycles. The number of fused-ring (bicyclic) bond motifs is 2. The molecule has 24 heavy (non-hydrogen) atoms. The van der Waals surface area contributed by atoms with Crippen LogP contribution in [0.5, 0.6) is 0 Å². The first-order valence-electron chi connectivity index (χ1n) is 8.18. The molecule has 1 unspecified atom stereocenters. The number of amides is 1. The predicted molar refractivity (Wildman–Crippen MR) is 99.6 cm³/mol. The van der Waals surface area contributed by atoms with E-state index in [1.165, 1.54) is 0 Å². The highest BCUT2D eigenvalue weighted by Gasteiger charge is 2.37. The highest BCUT2D eigenvalue weighted by molar-refractivity contribution is 9.10. The Morgan fingerprint density at radius 3 is 2.75 bits per heavy atom. The Hall–Kier alpha value is -2.07. The molecule has 3 nitrogen and oxygen atoms in total. The van der Waals surface area contributed by atoms with E-state index in [0.717, 1.165) is 38.0 Å². The number of furan rings is 1. The molecular weight excluding hydrogens is 366 g/mol. The number of carbonyl (C=O) groups excluding carboxylic acids is 1. The summed E-state index contributed by atoms with van der Waals surface area (Å²) in [5, 5.41) is 1.12. The minimum Gasteiger partial charge on any atom is -0.461 e. The summed E-state index contributed by atoms with van der Waals surface area (Å²) >= 11 is 3.53. The van der Waals surface area contributed by atoms with Gasteiger partial charge in [-0.1, -0.05) is 34.1 Å². The molecule has 2 aromatic carbocycles. The molecule has 0 aliphatic carbocycles. The van der Waals surface area contributed by atoms with Gasteiger partial charge in [-0.05, 0) is 49.2 Å². The molecule has 4 heteroatoms. The fourth-order valence-corrected chi connectivity index (χ4v) is 4.00. The van der Waals surface area contributed by atoms with Crippen molar-refractivity contribution in [1.82, 2.24) is 0 Å². The molecule has 4 rings (SSSR count). The number of anilines is 1. The van der Waals surface area contributed by atoms with Crippen molar-refractivity contribution in [1.29, 1.82) is 0 Å². The number of hydrogen-bond acceptors (Lipinski definition) is 2. The lowest BCUT2D eigenvalue weighted by Crippen LogP contribution is -2.29. The van der Waals surface area contributed by atoms with Crippen molar-refractivity contribution in [2.24, 2.45) is 0 Å². The van der Waals surface area contributed by atoms with Crippen LogP contribution in [0.2, 0.25) is 0 Å². The molecule has 1 aliphatic rings. The third kappa shape index (κ3) is 2.28. The van der Waals surface area contributed by atoms with Crippen LogP contribution in [-0.2, 0) is 11.2 Å². The normalized spacial score (nSPS) is 16.9. The highest BCUT2D eigenvalue weighted by Crippen LogP contribution is 2.41. The van der Waals surface area contributed by atoms with Crippen molar-refractivity contribution in [2.75, 3.05) is 11.4 Å². The lowest BCUT2D eigenvalue weighted by atomic mass is 9.94. The van der Waals surface area contributed by atoms with Crippen molar-refractivity contribution < 1.29 is 9.21 Å². The SMILES string of the molecule is CCN1C(=O)C(Cc2oc3ccccc3c2C)c2cc(Br)ccc21. The van der Waals surface area contributed by atoms with Gasteiger partial charge in [0.2, 0.25) is 5.91 Å². The molecule has 0 bridgehead atoms. The maximum absolute atomic E-state index is 12.9. The maximum atomic E-state index is 12.9. The molecule has 122 valence electrons. The van der Waals surface area contributed by atoms with E-state index in [-0.39, 0.29) is 11.8 Å². The molecule has 1 atom stereocenters. The Morgan fingerprint density at radius 1 is 1.21 bits per heavy atom. The largest absolute Gasteiger partial charge is 0.461 e. The summed E-state index contributed by atoms with van der Waals surface area (Å²) in [6.45, 7) is 4.77. The zero-order valence-corrected chi connectivity index (χ0v) is 15.3. The van der Waals surface area contributed by atoms with E-state index in [0.29, 0.717) is 13.0 Å². The molecular formula is C20H18BrNO2. The lowest BCUT2D eigenvalue weighted by Gasteiger charge is -2.15. The molecule has 0 N–H and O–H groups in total. The van der Waals surface area contributed by atoms with E-state index in [9.17, 15) is 4.79 Å². The molecule has 0 spiro atoms. The number of benzene rings is 2. The van der Waals surface area contributed by atoms with Gasteiger partial charge in [-0.25, -0.2) is 0 Å². The van der Waals surface area contributed by atoms with Gasteiger partial charge in [0.05, 0.1) is 5.92 Å². The monoisotopic (exact) mass is 383 g/mol. The average molecular weight is 384 g/mol. The molecule has 2 heterocycles. The number of nitrogens with zero attached hydrogens (tertiary/aromatic N) is 1. The Bertz CT molecular complexity index is 944. The Kier molecular flexibility index (Phi) is 3.72. The van der Waals surface area contributed by atoms with Crippen LogP contribution >= 0.6 is 15.9 Å². The molecule has 0 radical (unpaired) electrons. The zero-order chi connectivity index (χ0) is 16.8. The quantitative estimate of drug-likeness (QED) is 0.622. The minimum atomic E-state index is -0.184. The van der Waals surface area contributed by atoms with E-state index in [1.54, 1.807) is 0 Å². The van der Waals surface area contributed by atoms with Gasteiger partial charge >= 0.3 is 0 Å².